The van der Waals surface area contributed by atoms with Gasteiger partial charge in [0.15, 0.2) is 0 Å². The first kappa shape index (κ1) is 19.9. The van der Waals surface area contributed by atoms with Crippen LogP contribution in [0, 0.1) is 53.0 Å². The summed E-state index contributed by atoms with van der Waals surface area (Å²) in [7, 11) is 3.22. The van der Waals surface area contributed by atoms with E-state index in [1.807, 2.05) is 0 Å². The van der Waals surface area contributed by atoms with Gasteiger partial charge in [-0.2, -0.15) is 10.5 Å². The monoisotopic (exact) mass is 406 g/mol. The number of nitriles is 2. The lowest BCUT2D eigenvalue weighted by Gasteiger charge is -2.14. The van der Waals surface area contributed by atoms with Crippen LogP contribution in [0.1, 0.15) is 11.1 Å². The van der Waals surface area contributed by atoms with Crippen molar-refractivity contribution in [2.24, 2.45) is 0 Å². The molecule has 0 bridgehead atoms. The van der Waals surface area contributed by atoms with Crippen LogP contribution in [-0.4, -0.2) is 28.9 Å². The first-order chi connectivity index (χ1) is 14.1. The highest BCUT2D eigenvalue weighted by atomic mass is 16.6. The summed E-state index contributed by atoms with van der Waals surface area (Å²) in [6, 6.07) is 7.66. The van der Waals surface area contributed by atoms with Crippen LogP contribution in [-0.2, 0) is 0 Å². The normalized spacial score (nSPS) is 11.0. The number of nitrogens with zero attached hydrogens (tertiary/aromatic N) is 6. The summed E-state index contributed by atoms with van der Waals surface area (Å²) in [5.41, 5.74) is -2.62. The quantitative estimate of drug-likeness (QED) is 0.356. The molecule has 30 heavy (non-hydrogen) atoms. The third kappa shape index (κ3) is 2.85. The number of rotatable bonds is 4. The van der Waals surface area contributed by atoms with E-state index in [0.717, 1.165) is 6.07 Å². The van der Waals surface area contributed by atoms with Crippen molar-refractivity contribution in [2.75, 3.05) is 19.0 Å². The predicted molar refractivity (Wildman–Crippen MR) is 103 cm³/mol. The van der Waals surface area contributed by atoms with E-state index in [2.05, 4.69) is 0 Å². The van der Waals surface area contributed by atoms with E-state index in [1.54, 1.807) is 31.1 Å². The van der Waals surface area contributed by atoms with Gasteiger partial charge in [0, 0.05) is 48.6 Å². The van der Waals surface area contributed by atoms with Crippen molar-refractivity contribution in [3.05, 3.63) is 71.3 Å². The van der Waals surface area contributed by atoms with Gasteiger partial charge in [0.1, 0.15) is 17.7 Å². The average molecular weight is 406 g/mol. The summed E-state index contributed by atoms with van der Waals surface area (Å²) in [6.45, 7) is 0. The number of nitro groups is 3. The van der Waals surface area contributed by atoms with Crippen LogP contribution in [0.15, 0.2) is 29.8 Å². The molecule has 0 fully saturated rings. The third-order valence-corrected chi connectivity index (χ3v) is 4.59. The molecule has 0 atom stereocenters. The van der Waals surface area contributed by atoms with Crippen molar-refractivity contribution in [2.45, 2.75) is 0 Å². The number of hydrogen-bond donors (Lipinski definition) is 0. The largest absolute Gasteiger partial charge is 0.377 e. The Morgan fingerprint density at radius 3 is 1.77 bits per heavy atom. The molecule has 12 heteroatoms. The lowest BCUT2D eigenvalue weighted by molar-refractivity contribution is -0.394. The van der Waals surface area contributed by atoms with Gasteiger partial charge in [0.2, 0.25) is 0 Å². The summed E-state index contributed by atoms with van der Waals surface area (Å²) in [5.74, 6) is 0. The van der Waals surface area contributed by atoms with Gasteiger partial charge in [-0.3, -0.25) is 30.3 Å². The van der Waals surface area contributed by atoms with Gasteiger partial charge in [0.25, 0.3) is 17.1 Å². The second kappa shape index (κ2) is 6.96. The molecule has 148 valence electrons. The van der Waals surface area contributed by atoms with E-state index >= 15 is 0 Å². The minimum Gasteiger partial charge on any atom is -0.377 e. The van der Waals surface area contributed by atoms with E-state index in [-0.39, 0.29) is 27.8 Å². The van der Waals surface area contributed by atoms with Crippen LogP contribution in [0.2, 0.25) is 0 Å². The third-order valence-electron chi connectivity index (χ3n) is 4.59. The molecule has 0 unspecified atom stereocenters. The number of allylic oxidation sites excluding steroid dienone is 1. The zero-order valence-corrected chi connectivity index (χ0v) is 15.4. The van der Waals surface area contributed by atoms with Crippen LogP contribution in [0.5, 0.6) is 0 Å². The number of hydrogen-bond acceptors (Lipinski definition) is 9. The van der Waals surface area contributed by atoms with Crippen LogP contribution < -0.4 is 4.90 Å². The molecule has 0 aliphatic heterocycles. The molecule has 2 aromatic rings. The number of nitro benzene ring substituents is 3. The van der Waals surface area contributed by atoms with Crippen LogP contribution >= 0.6 is 0 Å². The predicted octanol–water partition coefficient (Wildman–Crippen LogP) is 3.31. The Balaban J connectivity index is 2.65. The van der Waals surface area contributed by atoms with E-state index in [9.17, 15) is 40.9 Å². The number of non-ortho nitro benzene ring substituents is 1. The molecule has 3 rings (SSSR count). The van der Waals surface area contributed by atoms with Crippen LogP contribution in [0.4, 0.5) is 22.7 Å². The first-order valence-electron chi connectivity index (χ1n) is 8.14. The maximum atomic E-state index is 11.8. The summed E-state index contributed by atoms with van der Waals surface area (Å²) < 4.78 is 0. The van der Waals surface area contributed by atoms with Gasteiger partial charge in [-0.05, 0) is 6.07 Å². The van der Waals surface area contributed by atoms with Crippen molar-refractivity contribution < 1.29 is 14.8 Å². The second-order valence-electron chi connectivity index (χ2n) is 6.41. The Morgan fingerprint density at radius 1 is 0.833 bits per heavy atom. The second-order valence-corrected chi connectivity index (χ2v) is 6.41. The summed E-state index contributed by atoms with van der Waals surface area (Å²) in [4.78, 5) is 33.8. The van der Waals surface area contributed by atoms with Crippen LogP contribution in [0.25, 0.3) is 16.7 Å². The van der Waals surface area contributed by atoms with Crippen molar-refractivity contribution in [1.82, 2.24) is 0 Å². The van der Waals surface area contributed by atoms with E-state index in [1.165, 1.54) is 12.1 Å². The van der Waals surface area contributed by atoms with Gasteiger partial charge in [-0.25, -0.2) is 0 Å². The molecular weight excluding hydrogens is 396 g/mol. The highest BCUT2D eigenvalue weighted by Crippen LogP contribution is 2.55. The van der Waals surface area contributed by atoms with Gasteiger partial charge in [-0.15, -0.1) is 0 Å². The SMILES string of the molecule is CN(C)c1cc2c(c([N+](=O)[O-])c1)-c1c(cc([N+](=O)[O-])cc1[N+](=O)[O-])C2=C(C#N)C#N. The molecule has 0 saturated heterocycles. The van der Waals surface area contributed by atoms with Crippen molar-refractivity contribution in [3.8, 4) is 23.3 Å². The molecule has 0 heterocycles. The Hall–Kier alpha value is -4.84. The van der Waals surface area contributed by atoms with E-state index in [0.29, 0.717) is 11.8 Å². The minimum absolute atomic E-state index is 0.0459. The maximum absolute atomic E-state index is 11.8. The van der Waals surface area contributed by atoms with E-state index in [4.69, 9.17) is 0 Å². The molecule has 0 N–H and O–H groups in total. The maximum Gasteiger partial charge on any atom is 0.284 e. The number of anilines is 1. The Labute approximate surface area is 167 Å². The van der Waals surface area contributed by atoms with Crippen molar-refractivity contribution in [3.63, 3.8) is 0 Å². The molecular formula is C18H10N6O6. The Morgan fingerprint density at radius 2 is 1.33 bits per heavy atom. The first-order valence-corrected chi connectivity index (χ1v) is 8.14. The molecule has 0 spiro atoms. The highest BCUT2D eigenvalue weighted by Gasteiger charge is 2.40. The van der Waals surface area contributed by atoms with Crippen molar-refractivity contribution >= 4 is 28.3 Å². The lowest BCUT2D eigenvalue weighted by atomic mass is 9.98. The average Bonchev–Trinajstić information content (AvgIpc) is 3.01. The molecule has 0 radical (unpaired) electrons. The zero-order valence-electron chi connectivity index (χ0n) is 15.4. The zero-order chi connectivity index (χ0) is 22.3. The topological polar surface area (TPSA) is 180 Å². The fraction of sp³-hybridized carbons (Fsp3) is 0.111. The standard InChI is InChI=1S/C18H10N6O6/c1-21(2)10-3-12-16(9(7-19)8-20)13-4-11(22(25)26)6-15(24(29)30)18(13)17(12)14(5-10)23(27)28/h3-6H,1-2H3. The van der Waals surface area contributed by atoms with Crippen LogP contribution in [0.3, 0.4) is 0 Å². The number of benzene rings is 2. The van der Waals surface area contributed by atoms with Gasteiger partial charge >= 0.3 is 0 Å². The molecule has 2 aromatic carbocycles. The molecule has 1 aliphatic rings. The fourth-order valence-electron chi connectivity index (χ4n) is 3.35. The minimum atomic E-state index is -0.888. The molecule has 0 saturated carbocycles. The van der Waals surface area contributed by atoms with Gasteiger partial charge in [-0.1, -0.05) is 0 Å². The Bertz CT molecular complexity index is 1270. The van der Waals surface area contributed by atoms with Gasteiger partial charge in [0.05, 0.1) is 32.0 Å². The number of fused-ring (bicyclic) bond motifs is 3. The van der Waals surface area contributed by atoms with Crippen molar-refractivity contribution in [1.29, 1.82) is 10.5 Å². The molecule has 0 aromatic heterocycles. The summed E-state index contributed by atoms with van der Waals surface area (Å²) in [6.07, 6.45) is 0. The molecule has 1 aliphatic carbocycles. The summed E-state index contributed by atoms with van der Waals surface area (Å²) >= 11 is 0. The van der Waals surface area contributed by atoms with Gasteiger partial charge < -0.3 is 4.90 Å². The highest BCUT2D eigenvalue weighted by molar-refractivity contribution is 6.10. The molecule has 0 amide bonds. The smallest absolute Gasteiger partial charge is 0.284 e. The lowest BCUT2D eigenvalue weighted by Crippen LogP contribution is -2.09. The Kier molecular flexibility index (Phi) is 4.62. The fourth-order valence-corrected chi connectivity index (χ4v) is 3.35. The molecule has 12 nitrogen and oxygen atoms in total. The summed E-state index contributed by atoms with van der Waals surface area (Å²) in [5, 5.41) is 53.6. The van der Waals surface area contributed by atoms with E-state index < -0.39 is 37.4 Å².